The summed E-state index contributed by atoms with van der Waals surface area (Å²) >= 11 is 0. The Bertz CT molecular complexity index is 2050. The molecule has 10 nitrogen and oxygen atoms in total. The van der Waals surface area contributed by atoms with Crippen LogP contribution < -0.4 is 5.32 Å². The molecule has 0 saturated carbocycles. The van der Waals surface area contributed by atoms with Crippen molar-refractivity contribution in [1.82, 2.24) is 30.2 Å². The number of rotatable bonds is 4. The zero-order valence-electron chi connectivity index (χ0n) is 27.8. The topological polar surface area (TPSA) is 117 Å². The minimum Gasteiger partial charge on any atom is -0.444 e. The number of nitrogens with zero attached hydrogens (tertiary/aromatic N) is 3. The monoisotopic (exact) mass is 646 g/mol. The molecule has 2 atom stereocenters. The Morgan fingerprint density at radius 3 is 2.08 bits per heavy atom. The summed E-state index contributed by atoms with van der Waals surface area (Å²) < 4.78 is 18.3. The molecule has 0 bridgehead atoms. The predicted molar refractivity (Wildman–Crippen MR) is 184 cm³/mol. The van der Waals surface area contributed by atoms with E-state index >= 15 is 0 Å². The van der Waals surface area contributed by atoms with Gasteiger partial charge in [-0.15, -0.1) is 0 Å². The van der Waals surface area contributed by atoms with Crippen molar-refractivity contribution < 1.29 is 19.0 Å². The second-order valence-corrected chi connectivity index (χ2v) is 14.8. The molecule has 3 aromatic carbocycles. The standard InChI is InChI=1S/C38H42N6O4/c1-37(2,3)48-36(45)44-15-5-7-33(44)35-41-29-13-9-23(19-32(29)43-35)25-11-10-24(26-20-38(21-27(25)26)46-16-17-47-38)22-8-12-28-31(18-22)42-34(40-28)30-6-4-14-39-30/h8-13,18-19,30,33,39H,4-7,14-17,20-21H2,1-3H3,(H,40,42)(H,41,43)/t30-,33-/m0/s1. The fraction of sp³-hybridized carbons (Fsp3) is 0.447. The largest absolute Gasteiger partial charge is 0.444 e. The van der Waals surface area contributed by atoms with Gasteiger partial charge >= 0.3 is 6.09 Å². The van der Waals surface area contributed by atoms with Crippen molar-refractivity contribution in [3.8, 4) is 22.3 Å². The smallest absolute Gasteiger partial charge is 0.410 e. The van der Waals surface area contributed by atoms with E-state index in [2.05, 4.69) is 63.8 Å². The van der Waals surface area contributed by atoms with Crippen LogP contribution in [0.2, 0.25) is 0 Å². The number of fused-ring (bicyclic) bond motifs is 3. The van der Waals surface area contributed by atoms with Gasteiger partial charge in [0, 0.05) is 19.4 Å². The molecular weight excluding hydrogens is 604 g/mol. The summed E-state index contributed by atoms with van der Waals surface area (Å²) in [7, 11) is 0. The Morgan fingerprint density at radius 2 is 1.48 bits per heavy atom. The maximum Gasteiger partial charge on any atom is 0.410 e. The van der Waals surface area contributed by atoms with Gasteiger partial charge in [0.2, 0.25) is 0 Å². The van der Waals surface area contributed by atoms with Gasteiger partial charge in [-0.05, 0) is 111 Å². The van der Waals surface area contributed by atoms with Gasteiger partial charge in [-0.1, -0.05) is 24.3 Å². The second-order valence-electron chi connectivity index (χ2n) is 14.8. The zero-order valence-corrected chi connectivity index (χ0v) is 27.8. The number of nitrogens with one attached hydrogen (secondary N) is 3. The summed E-state index contributed by atoms with van der Waals surface area (Å²) in [6, 6.07) is 17.6. The van der Waals surface area contributed by atoms with Crippen LogP contribution in [0.15, 0.2) is 48.5 Å². The van der Waals surface area contributed by atoms with Gasteiger partial charge in [0.25, 0.3) is 0 Å². The Balaban J connectivity index is 1.07. The van der Waals surface area contributed by atoms with Crippen LogP contribution in [0.4, 0.5) is 4.79 Å². The first-order chi connectivity index (χ1) is 23.2. The molecule has 10 heteroatoms. The van der Waals surface area contributed by atoms with E-state index in [-0.39, 0.29) is 12.1 Å². The van der Waals surface area contributed by atoms with Crippen LogP contribution in [0, 0.1) is 0 Å². The number of likely N-dealkylation sites (tertiary alicyclic amines) is 1. The van der Waals surface area contributed by atoms with Gasteiger partial charge in [0.05, 0.1) is 47.4 Å². The van der Waals surface area contributed by atoms with E-state index < -0.39 is 11.4 Å². The van der Waals surface area contributed by atoms with Crippen molar-refractivity contribution in [1.29, 1.82) is 0 Å². The van der Waals surface area contributed by atoms with Gasteiger partial charge in [-0.2, -0.15) is 0 Å². The molecule has 3 saturated heterocycles. The number of carbonyl (C=O) groups is 1. The highest BCUT2D eigenvalue weighted by molar-refractivity contribution is 5.88. The number of carbonyl (C=O) groups excluding carboxylic acids is 1. The molecule has 3 fully saturated rings. The highest BCUT2D eigenvalue weighted by Gasteiger charge is 2.44. The summed E-state index contributed by atoms with van der Waals surface area (Å²) in [4.78, 5) is 31.8. The molecule has 0 radical (unpaired) electrons. The Hall–Kier alpha value is -4.25. The maximum absolute atomic E-state index is 13.0. The second kappa shape index (κ2) is 11.1. The van der Waals surface area contributed by atoms with Crippen molar-refractivity contribution >= 4 is 28.2 Å². The van der Waals surface area contributed by atoms with Crippen molar-refractivity contribution in [2.24, 2.45) is 0 Å². The van der Waals surface area contributed by atoms with E-state index in [4.69, 9.17) is 24.2 Å². The molecule has 0 unspecified atom stereocenters. The van der Waals surface area contributed by atoms with E-state index in [0.717, 1.165) is 70.6 Å². The van der Waals surface area contributed by atoms with Crippen LogP contribution in [0.1, 0.15) is 81.3 Å². The fourth-order valence-electron chi connectivity index (χ4n) is 8.16. The quantitative estimate of drug-likeness (QED) is 0.191. The number of ether oxygens (including phenoxy) is 3. The van der Waals surface area contributed by atoms with Crippen LogP contribution in [0.5, 0.6) is 0 Å². The summed E-state index contributed by atoms with van der Waals surface area (Å²) in [5, 5.41) is 3.56. The lowest BCUT2D eigenvalue weighted by molar-refractivity contribution is -0.147. The molecule has 5 heterocycles. The number of amides is 1. The molecule has 1 aliphatic carbocycles. The first kappa shape index (κ1) is 29.9. The molecule has 248 valence electrons. The maximum atomic E-state index is 13.0. The first-order valence-corrected chi connectivity index (χ1v) is 17.4. The van der Waals surface area contributed by atoms with Crippen LogP contribution >= 0.6 is 0 Å². The van der Waals surface area contributed by atoms with Crippen molar-refractivity contribution in [2.45, 2.75) is 82.8 Å². The summed E-state index contributed by atoms with van der Waals surface area (Å²) in [5.41, 5.74) is 10.5. The summed E-state index contributed by atoms with van der Waals surface area (Å²) in [6.45, 7) is 8.63. The van der Waals surface area contributed by atoms with E-state index in [1.807, 2.05) is 25.7 Å². The Morgan fingerprint density at radius 1 is 0.854 bits per heavy atom. The third-order valence-electron chi connectivity index (χ3n) is 10.3. The Labute approximate surface area is 279 Å². The van der Waals surface area contributed by atoms with Gasteiger partial charge in [-0.25, -0.2) is 14.8 Å². The number of aromatic nitrogens is 4. The highest BCUT2D eigenvalue weighted by Crippen LogP contribution is 2.46. The van der Waals surface area contributed by atoms with E-state index in [1.165, 1.54) is 28.7 Å². The van der Waals surface area contributed by atoms with Crippen LogP contribution in [-0.4, -0.2) is 68.6 Å². The number of aromatic amines is 2. The first-order valence-electron chi connectivity index (χ1n) is 17.4. The fourth-order valence-corrected chi connectivity index (χ4v) is 8.16. The van der Waals surface area contributed by atoms with Gasteiger partial charge in [0.1, 0.15) is 17.2 Å². The third kappa shape index (κ3) is 5.17. The van der Waals surface area contributed by atoms with E-state index in [9.17, 15) is 4.79 Å². The van der Waals surface area contributed by atoms with Crippen molar-refractivity contribution in [3.05, 3.63) is 71.3 Å². The van der Waals surface area contributed by atoms with Crippen molar-refractivity contribution in [2.75, 3.05) is 26.3 Å². The number of imidazole rings is 2. The van der Waals surface area contributed by atoms with E-state index in [0.29, 0.717) is 38.6 Å². The molecule has 1 amide bonds. The third-order valence-corrected chi connectivity index (χ3v) is 10.3. The number of hydrogen-bond donors (Lipinski definition) is 3. The predicted octanol–water partition coefficient (Wildman–Crippen LogP) is 7.11. The normalized spacial score (nSPS) is 22.0. The Kier molecular flexibility index (Phi) is 6.94. The molecule has 2 aromatic heterocycles. The molecular formula is C38H42N6O4. The molecule has 3 N–H and O–H groups in total. The minimum atomic E-state index is -0.620. The number of H-pyrrole nitrogens is 2. The minimum absolute atomic E-state index is 0.131. The van der Waals surface area contributed by atoms with Gasteiger partial charge in [0.15, 0.2) is 5.79 Å². The number of hydrogen-bond acceptors (Lipinski definition) is 7. The SMILES string of the molecule is CC(C)(C)OC(=O)N1CCC[C@H]1c1nc2ccc(-c3ccc(-c4ccc5nc([C@@H]6CCCN6)[nH]c5c4)c4c3CC3(C4)OCCO3)cc2[nH]1. The molecule has 9 rings (SSSR count). The lowest BCUT2D eigenvalue weighted by Crippen LogP contribution is -2.36. The molecule has 3 aliphatic heterocycles. The molecule has 48 heavy (non-hydrogen) atoms. The van der Waals surface area contributed by atoms with E-state index in [1.54, 1.807) is 0 Å². The number of benzene rings is 3. The van der Waals surface area contributed by atoms with Gasteiger partial charge < -0.3 is 29.5 Å². The van der Waals surface area contributed by atoms with Crippen LogP contribution in [0.25, 0.3) is 44.3 Å². The van der Waals surface area contributed by atoms with Crippen molar-refractivity contribution in [3.63, 3.8) is 0 Å². The van der Waals surface area contributed by atoms with Gasteiger partial charge in [-0.3, -0.25) is 4.90 Å². The molecule has 1 spiro atoms. The average molecular weight is 647 g/mol. The highest BCUT2D eigenvalue weighted by atomic mass is 16.7. The van der Waals surface area contributed by atoms with Crippen LogP contribution in [-0.2, 0) is 27.1 Å². The summed E-state index contributed by atoms with van der Waals surface area (Å²) in [6.07, 6.45) is 5.19. The average Bonchev–Trinajstić information content (AvgIpc) is 3.89. The lowest BCUT2D eigenvalue weighted by atomic mass is 9.90. The molecule has 5 aromatic rings. The van der Waals surface area contributed by atoms with Crippen LogP contribution in [0.3, 0.4) is 0 Å². The summed E-state index contributed by atoms with van der Waals surface area (Å²) in [5.74, 6) is 1.21. The molecule has 4 aliphatic rings. The zero-order chi connectivity index (χ0) is 32.6. The lowest BCUT2D eigenvalue weighted by Gasteiger charge is -2.27.